The molecule has 1 saturated carbocycles. The van der Waals surface area contributed by atoms with Crippen LogP contribution in [0.25, 0.3) is 0 Å². The van der Waals surface area contributed by atoms with E-state index < -0.39 is 6.04 Å². The van der Waals surface area contributed by atoms with E-state index in [9.17, 15) is 9.59 Å². The molecule has 0 bridgehead atoms. The van der Waals surface area contributed by atoms with Gasteiger partial charge in [-0.05, 0) is 36.6 Å². The van der Waals surface area contributed by atoms with Crippen molar-refractivity contribution < 1.29 is 9.59 Å². The summed E-state index contributed by atoms with van der Waals surface area (Å²) in [6.45, 7) is 0.576. The number of amides is 2. The highest BCUT2D eigenvalue weighted by molar-refractivity contribution is 6.31. The maximum absolute atomic E-state index is 13.1. The predicted octanol–water partition coefficient (Wildman–Crippen LogP) is 3.28. The van der Waals surface area contributed by atoms with E-state index in [0.29, 0.717) is 11.6 Å². The van der Waals surface area contributed by atoms with Gasteiger partial charge in [0.15, 0.2) is 6.04 Å². The second-order valence-corrected chi connectivity index (χ2v) is 7.47. The molecular weight excluding hydrogens is 350 g/mol. The third-order valence-corrected chi connectivity index (χ3v) is 5.70. The van der Waals surface area contributed by atoms with Crippen molar-refractivity contribution in [1.29, 1.82) is 0 Å². The van der Waals surface area contributed by atoms with E-state index in [-0.39, 0.29) is 24.4 Å². The molecule has 1 N–H and O–H groups in total. The molecule has 1 atom stereocenters. The molecule has 4 rings (SSSR count). The van der Waals surface area contributed by atoms with Crippen LogP contribution < -0.4 is 5.32 Å². The lowest BCUT2D eigenvalue weighted by Gasteiger charge is -2.36. The number of nitrogens with zero attached hydrogens (tertiary/aromatic N) is 2. The third kappa shape index (κ3) is 3.23. The summed E-state index contributed by atoms with van der Waals surface area (Å²) in [5, 5.41) is 3.76. The topological polar surface area (TPSA) is 54.3 Å². The molecule has 1 aromatic carbocycles. The lowest BCUT2D eigenvalue weighted by molar-refractivity contribution is -0.144. The Hall–Kier alpha value is -2.27. The van der Waals surface area contributed by atoms with Crippen molar-refractivity contribution in [3.05, 3.63) is 58.9 Å². The van der Waals surface area contributed by atoms with Crippen LogP contribution in [0.15, 0.2) is 42.6 Å². The molecule has 0 saturated heterocycles. The molecule has 1 aliphatic heterocycles. The van der Waals surface area contributed by atoms with Gasteiger partial charge in [-0.25, -0.2) is 0 Å². The largest absolute Gasteiger partial charge is 0.351 e. The summed E-state index contributed by atoms with van der Waals surface area (Å²) in [5.41, 5.74) is 1.70. The van der Waals surface area contributed by atoms with Crippen molar-refractivity contribution in [2.45, 2.75) is 50.9 Å². The molecule has 0 radical (unpaired) electrons. The molecule has 1 unspecified atom stereocenters. The van der Waals surface area contributed by atoms with Crippen molar-refractivity contribution in [2.24, 2.45) is 0 Å². The van der Waals surface area contributed by atoms with Crippen LogP contribution in [0.3, 0.4) is 0 Å². The van der Waals surface area contributed by atoms with Gasteiger partial charge in [-0.1, -0.05) is 42.6 Å². The number of hydrogen-bond acceptors (Lipinski definition) is 2. The van der Waals surface area contributed by atoms with Gasteiger partial charge in [0.1, 0.15) is 6.54 Å². The first-order valence-electron chi connectivity index (χ1n) is 9.12. The van der Waals surface area contributed by atoms with Crippen molar-refractivity contribution >= 4 is 23.4 Å². The van der Waals surface area contributed by atoms with Gasteiger partial charge in [-0.2, -0.15) is 0 Å². The van der Waals surface area contributed by atoms with E-state index in [1.165, 1.54) is 0 Å². The van der Waals surface area contributed by atoms with Crippen LogP contribution in [-0.2, 0) is 22.7 Å². The van der Waals surface area contributed by atoms with Gasteiger partial charge >= 0.3 is 0 Å². The average Bonchev–Trinajstić information content (AvgIpc) is 3.28. The second kappa shape index (κ2) is 7.16. The highest BCUT2D eigenvalue weighted by atomic mass is 35.5. The zero-order valence-electron chi connectivity index (χ0n) is 14.5. The highest BCUT2D eigenvalue weighted by Crippen LogP contribution is 2.31. The predicted molar refractivity (Wildman–Crippen MR) is 99.6 cm³/mol. The van der Waals surface area contributed by atoms with E-state index in [2.05, 4.69) is 5.32 Å². The molecule has 6 heteroatoms. The van der Waals surface area contributed by atoms with E-state index in [0.717, 1.165) is 36.9 Å². The Bertz CT molecular complexity index is 826. The fraction of sp³-hybridized carbons (Fsp3) is 0.400. The first kappa shape index (κ1) is 17.2. The van der Waals surface area contributed by atoms with Gasteiger partial charge in [-0.3, -0.25) is 9.59 Å². The molecule has 1 aliphatic carbocycles. The minimum atomic E-state index is -0.622. The summed E-state index contributed by atoms with van der Waals surface area (Å²) in [6.07, 6.45) is 6.17. The summed E-state index contributed by atoms with van der Waals surface area (Å²) in [4.78, 5) is 27.6. The SMILES string of the molecule is O=C(NC1CCCC1)C1c2cccn2CC(=O)N1Cc1ccccc1Cl. The summed E-state index contributed by atoms with van der Waals surface area (Å²) in [7, 11) is 0. The molecule has 2 amide bonds. The number of halogens is 1. The van der Waals surface area contributed by atoms with Crippen LogP contribution >= 0.6 is 11.6 Å². The van der Waals surface area contributed by atoms with Gasteiger partial charge in [0.05, 0.1) is 5.69 Å². The van der Waals surface area contributed by atoms with E-state index in [1.54, 1.807) is 4.90 Å². The Balaban J connectivity index is 1.64. The van der Waals surface area contributed by atoms with Crippen molar-refractivity contribution in [3.8, 4) is 0 Å². The number of hydrogen-bond donors (Lipinski definition) is 1. The molecule has 1 aromatic heterocycles. The second-order valence-electron chi connectivity index (χ2n) is 7.07. The minimum absolute atomic E-state index is 0.0693. The smallest absolute Gasteiger partial charge is 0.249 e. The molecule has 2 heterocycles. The Morgan fingerprint density at radius 3 is 2.69 bits per heavy atom. The Morgan fingerprint density at radius 2 is 1.92 bits per heavy atom. The minimum Gasteiger partial charge on any atom is -0.351 e. The van der Waals surface area contributed by atoms with Gasteiger partial charge in [0, 0.05) is 23.8 Å². The quantitative estimate of drug-likeness (QED) is 0.896. The Labute approximate surface area is 157 Å². The van der Waals surface area contributed by atoms with Gasteiger partial charge in [0.25, 0.3) is 0 Å². The maximum atomic E-state index is 13.1. The number of aromatic nitrogens is 1. The zero-order valence-corrected chi connectivity index (χ0v) is 15.3. The van der Waals surface area contributed by atoms with Gasteiger partial charge in [-0.15, -0.1) is 0 Å². The van der Waals surface area contributed by atoms with Gasteiger partial charge < -0.3 is 14.8 Å². The summed E-state index contributed by atoms with van der Waals surface area (Å²) in [6, 6.07) is 10.9. The monoisotopic (exact) mass is 371 g/mol. The van der Waals surface area contributed by atoms with Crippen molar-refractivity contribution in [2.75, 3.05) is 0 Å². The zero-order chi connectivity index (χ0) is 18.1. The first-order valence-corrected chi connectivity index (χ1v) is 9.49. The Kier molecular flexibility index (Phi) is 4.72. The van der Waals surface area contributed by atoms with Crippen molar-refractivity contribution in [3.63, 3.8) is 0 Å². The number of rotatable bonds is 4. The summed E-state index contributed by atoms with van der Waals surface area (Å²) in [5.74, 6) is -0.169. The molecule has 26 heavy (non-hydrogen) atoms. The number of carbonyl (C=O) groups is 2. The summed E-state index contributed by atoms with van der Waals surface area (Å²) < 4.78 is 1.87. The molecule has 0 spiro atoms. The summed E-state index contributed by atoms with van der Waals surface area (Å²) >= 11 is 6.29. The Morgan fingerprint density at radius 1 is 1.15 bits per heavy atom. The number of nitrogens with one attached hydrogen (secondary N) is 1. The van der Waals surface area contributed by atoms with Crippen LogP contribution in [0.5, 0.6) is 0 Å². The molecule has 2 aromatic rings. The molecule has 136 valence electrons. The van der Waals surface area contributed by atoms with Gasteiger partial charge in [0.2, 0.25) is 11.8 Å². The van der Waals surface area contributed by atoms with E-state index >= 15 is 0 Å². The fourth-order valence-electron chi connectivity index (χ4n) is 3.98. The van der Waals surface area contributed by atoms with Crippen LogP contribution in [0.2, 0.25) is 5.02 Å². The van der Waals surface area contributed by atoms with Crippen LogP contribution in [0.1, 0.15) is 43.0 Å². The average molecular weight is 372 g/mol. The third-order valence-electron chi connectivity index (χ3n) is 5.33. The van der Waals surface area contributed by atoms with E-state index in [1.807, 2.05) is 47.2 Å². The molecule has 5 nitrogen and oxygen atoms in total. The lowest BCUT2D eigenvalue weighted by atomic mass is 10.1. The molecule has 2 aliphatic rings. The van der Waals surface area contributed by atoms with Crippen LogP contribution in [0.4, 0.5) is 0 Å². The molecule has 1 fully saturated rings. The number of carbonyl (C=O) groups excluding carboxylic acids is 2. The lowest BCUT2D eigenvalue weighted by Crippen LogP contribution is -2.50. The normalized spacial score (nSPS) is 20.3. The number of fused-ring (bicyclic) bond motifs is 1. The van der Waals surface area contributed by atoms with Crippen LogP contribution in [0, 0.1) is 0 Å². The van der Waals surface area contributed by atoms with E-state index in [4.69, 9.17) is 11.6 Å². The molecular formula is C20H22ClN3O2. The highest BCUT2D eigenvalue weighted by Gasteiger charge is 2.38. The van der Waals surface area contributed by atoms with Crippen LogP contribution in [-0.4, -0.2) is 27.3 Å². The first-order chi connectivity index (χ1) is 12.6. The number of benzene rings is 1. The fourth-order valence-corrected chi connectivity index (χ4v) is 4.17. The van der Waals surface area contributed by atoms with Crippen molar-refractivity contribution in [1.82, 2.24) is 14.8 Å². The maximum Gasteiger partial charge on any atom is 0.249 e. The standard InChI is InChI=1S/C20H22ClN3O2/c21-16-9-4-1-6-14(16)12-24-18(25)13-23-11-5-10-17(23)19(24)20(26)22-15-7-2-3-8-15/h1,4-6,9-11,15,19H,2-3,7-8,12-13H2,(H,22,26).